The summed E-state index contributed by atoms with van der Waals surface area (Å²) in [5.41, 5.74) is 1.39. The third kappa shape index (κ3) is 5.47. The number of anilines is 1. The summed E-state index contributed by atoms with van der Waals surface area (Å²) in [4.78, 5) is 13.1. The molecule has 0 aromatic heterocycles. The fraction of sp³-hybridized carbons (Fsp3) is 0.350. The van der Waals surface area contributed by atoms with Crippen molar-refractivity contribution in [3.05, 3.63) is 59.9 Å². The van der Waals surface area contributed by atoms with Crippen LogP contribution in [0.1, 0.15) is 24.8 Å². The van der Waals surface area contributed by atoms with Crippen molar-refractivity contribution in [3.63, 3.8) is 0 Å². The molecule has 6 heteroatoms. The number of nitrogens with one attached hydrogen (secondary N) is 3. The van der Waals surface area contributed by atoms with Crippen LogP contribution in [0.15, 0.2) is 53.4 Å². The van der Waals surface area contributed by atoms with Crippen LogP contribution >= 0.6 is 11.8 Å². The van der Waals surface area contributed by atoms with Crippen LogP contribution in [0.25, 0.3) is 0 Å². The van der Waals surface area contributed by atoms with Crippen molar-refractivity contribution in [1.82, 2.24) is 10.6 Å². The first kappa shape index (κ1) is 18.7. The topological polar surface area (TPSA) is 53.2 Å². The molecule has 1 aliphatic heterocycles. The lowest BCUT2D eigenvalue weighted by Crippen LogP contribution is -2.33. The second-order valence-corrected chi connectivity index (χ2v) is 7.36. The molecule has 0 saturated carbocycles. The van der Waals surface area contributed by atoms with Gasteiger partial charge in [0.2, 0.25) is 0 Å². The molecule has 0 radical (unpaired) electrons. The summed E-state index contributed by atoms with van der Waals surface area (Å²) < 4.78 is 13.8. The summed E-state index contributed by atoms with van der Waals surface area (Å²) in [5.74, 6) is 0.309. The smallest absolute Gasteiger partial charge is 0.319 e. The maximum Gasteiger partial charge on any atom is 0.319 e. The van der Waals surface area contributed by atoms with Gasteiger partial charge in [0.05, 0.1) is 5.69 Å². The first-order valence-corrected chi connectivity index (χ1v) is 9.94. The lowest BCUT2D eigenvalue weighted by Gasteiger charge is -2.13. The van der Waals surface area contributed by atoms with E-state index in [-0.39, 0.29) is 11.8 Å². The largest absolute Gasteiger partial charge is 0.338 e. The fourth-order valence-electron chi connectivity index (χ4n) is 3.00. The Labute approximate surface area is 158 Å². The molecule has 3 rings (SSSR count). The normalized spacial score (nSPS) is 16.4. The third-order valence-electron chi connectivity index (χ3n) is 4.42. The Morgan fingerprint density at radius 2 is 2.00 bits per heavy atom. The number of rotatable bonds is 7. The number of halogens is 1. The zero-order chi connectivity index (χ0) is 18.2. The quantitative estimate of drug-likeness (QED) is 0.631. The average Bonchev–Trinajstić information content (AvgIpc) is 3.16. The van der Waals surface area contributed by atoms with Crippen LogP contribution in [-0.2, 0) is 5.75 Å². The van der Waals surface area contributed by atoms with Crippen molar-refractivity contribution >= 4 is 23.5 Å². The van der Waals surface area contributed by atoms with E-state index in [1.807, 2.05) is 30.3 Å². The highest BCUT2D eigenvalue weighted by atomic mass is 32.2. The lowest BCUT2D eigenvalue weighted by molar-refractivity contribution is 0.251. The van der Waals surface area contributed by atoms with E-state index in [1.165, 1.54) is 30.7 Å². The van der Waals surface area contributed by atoms with E-state index >= 15 is 0 Å². The lowest BCUT2D eigenvalue weighted by atomic mass is 10.1. The number of para-hydroxylation sites is 1. The number of amides is 2. The van der Waals surface area contributed by atoms with Gasteiger partial charge in [0.25, 0.3) is 0 Å². The Balaban J connectivity index is 1.51. The molecular weight excluding hydrogens is 349 g/mol. The van der Waals surface area contributed by atoms with Gasteiger partial charge in [0, 0.05) is 23.2 Å². The molecule has 1 fully saturated rings. The fourth-order valence-corrected chi connectivity index (χ4v) is 3.99. The number of carbonyl (C=O) groups is 1. The first-order valence-electron chi connectivity index (χ1n) is 8.96. The highest BCUT2D eigenvalue weighted by Gasteiger charge is 2.14. The molecule has 1 saturated heterocycles. The van der Waals surface area contributed by atoms with Crippen LogP contribution in [-0.4, -0.2) is 25.2 Å². The zero-order valence-corrected chi connectivity index (χ0v) is 15.4. The number of carbonyl (C=O) groups excluding carboxylic acids is 1. The molecule has 2 aromatic rings. The molecule has 0 aliphatic carbocycles. The van der Waals surface area contributed by atoms with Gasteiger partial charge in [-0.2, -0.15) is 0 Å². The van der Waals surface area contributed by atoms with Crippen LogP contribution in [0.2, 0.25) is 0 Å². The minimum Gasteiger partial charge on any atom is -0.338 e. The van der Waals surface area contributed by atoms with Crippen molar-refractivity contribution in [2.45, 2.75) is 36.0 Å². The van der Waals surface area contributed by atoms with Gasteiger partial charge in [-0.25, -0.2) is 9.18 Å². The SMILES string of the molecule is O=C(NCC[C@H]1CCCN1)Nc1ccccc1SCc1ccccc1F. The van der Waals surface area contributed by atoms with E-state index in [2.05, 4.69) is 16.0 Å². The number of hydrogen-bond acceptors (Lipinski definition) is 3. The number of hydrogen-bond donors (Lipinski definition) is 3. The first-order chi connectivity index (χ1) is 12.7. The van der Waals surface area contributed by atoms with Gasteiger partial charge >= 0.3 is 6.03 Å². The molecule has 26 heavy (non-hydrogen) atoms. The van der Waals surface area contributed by atoms with E-state index in [1.54, 1.807) is 12.1 Å². The maximum absolute atomic E-state index is 13.8. The summed E-state index contributed by atoms with van der Waals surface area (Å²) in [6.07, 6.45) is 3.33. The summed E-state index contributed by atoms with van der Waals surface area (Å²) in [6.45, 7) is 1.72. The molecule has 1 heterocycles. The molecule has 0 spiro atoms. The monoisotopic (exact) mass is 373 g/mol. The minimum atomic E-state index is -0.207. The van der Waals surface area contributed by atoms with Crippen molar-refractivity contribution in [2.24, 2.45) is 0 Å². The van der Waals surface area contributed by atoms with E-state index in [0.717, 1.165) is 23.5 Å². The van der Waals surface area contributed by atoms with E-state index in [9.17, 15) is 9.18 Å². The number of benzene rings is 2. The number of thioether (sulfide) groups is 1. The highest BCUT2D eigenvalue weighted by Crippen LogP contribution is 2.30. The minimum absolute atomic E-state index is 0.205. The van der Waals surface area contributed by atoms with E-state index in [0.29, 0.717) is 23.9 Å². The highest BCUT2D eigenvalue weighted by molar-refractivity contribution is 7.98. The molecule has 138 valence electrons. The van der Waals surface area contributed by atoms with Crippen molar-refractivity contribution in [1.29, 1.82) is 0 Å². The van der Waals surface area contributed by atoms with Crippen molar-refractivity contribution in [3.8, 4) is 0 Å². The van der Waals surface area contributed by atoms with Gasteiger partial charge in [-0.1, -0.05) is 30.3 Å². The predicted octanol–water partition coefficient (Wildman–Crippen LogP) is 4.38. The summed E-state index contributed by atoms with van der Waals surface area (Å²) in [5, 5.41) is 9.23. The Hall–Kier alpha value is -2.05. The maximum atomic E-state index is 13.8. The zero-order valence-electron chi connectivity index (χ0n) is 14.6. The van der Waals surface area contributed by atoms with E-state index in [4.69, 9.17) is 0 Å². The van der Waals surface area contributed by atoms with Crippen molar-refractivity contribution < 1.29 is 9.18 Å². The van der Waals surface area contributed by atoms with Crippen LogP contribution in [0.3, 0.4) is 0 Å². The van der Waals surface area contributed by atoms with Crippen LogP contribution in [0, 0.1) is 5.82 Å². The number of urea groups is 1. The van der Waals surface area contributed by atoms with Gasteiger partial charge in [-0.05, 0) is 49.6 Å². The summed E-state index contributed by atoms with van der Waals surface area (Å²) >= 11 is 1.51. The van der Waals surface area contributed by atoms with Crippen LogP contribution in [0.5, 0.6) is 0 Å². The van der Waals surface area contributed by atoms with Gasteiger partial charge in [-0.15, -0.1) is 11.8 Å². The van der Waals surface area contributed by atoms with Crippen LogP contribution < -0.4 is 16.0 Å². The van der Waals surface area contributed by atoms with Gasteiger partial charge < -0.3 is 16.0 Å². The second-order valence-electron chi connectivity index (χ2n) is 6.34. The molecule has 2 aromatic carbocycles. The van der Waals surface area contributed by atoms with Gasteiger partial charge in [0.1, 0.15) is 5.82 Å². The average molecular weight is 373 g/mol. The Morgan fingerprint density at radius 3 is 2.81 bits per heavy atom. The second kappa shape index (κ2) is 9.59. The molecule has 1 aliphatic rings. The Kier molecular flexibility index (Phi) is 6.91. The molecule has 0 bridgehead atoms. The molecule has 1 atom stereocenters. The summed E-state index contributed by atoms with van der Waals surface area (Å²) in [6, 6.07) is 14.7. The molecular formula is C20H24FN3OS. The summed E-state index contributed by atoms with van der Waals surface area (Å²) in [7, 11) is 0. The van der Waals surface area contributed by atoms with Gasteiger partial charge in [-0.3, -0.25) is 0 Å². The Bertz CT molecular complexity index is 735. The van der Waals surface area contributed by atoms with Crippen LogP contribution in [0.4, 0.5) is 14.9 Å². The van der Waals surface area contributed by atoms with Gasteiger partial charge in [0.15, 0.2) is 0 Å². The van der Waals surface area contributed by atoms with Crippen molar-refractivity contribution in [2.75, 3.05) is 18.4 Å². The third-order valence-corrected chi connectivity index (χ3v) is 5.54. The molecule has 2 amide bonds. The predicted molar refractivity (Wildman–Crippen MR) is 105 cm³/mol. The Morgan fingerprint density at radius 1 is 1.19 bits per heavy atom. The molecule has 3 N–H and O–H groups in total. The molecule has 4 nitrogen and oxygen atoms in total. The van der Waals surface area contributed by atoms with E-state index < -0.39 is 0 Å². The molecule has 0 unspecified atom stereocenters. The standard InChI is InChI=1S/C20H24FN3OS/c21-17-8-2-1-6-15(17)14-26-19-10-4-3-9-18(19)24-20(25)23-13-11-16-7-5-12-22-16/h1-4,6,8-10,16,22H,5,7,11-14H2,(H2,23,24,25)/t16-/m1/s1.